The molecule has 1 aromatic carbocycles. The Balaban J connectivity index is 2.04. The second kappa shape index (κ2) is 7.45. The van der Waals surface area contributed by atoms with Gasteiger partial charge in [0, 0.05) is 11.7 Å². The smallest absolute Gasteiger partial charge is 0.230 e. The van der Waals surface area contributed by atoms with Crippen LogP contribution in [0, 0.1) is 12.8 Å². The zero-order valence-corrected chi connectivity index (χ0v) is 14.2. The van der Waals surface area contributed by atoms with Crippen LogP contribution in [0.5, 0.6) is 0 Å². The van der Waals surface area contributed by atoms with E-state index in [1.165, 1.54) is 11.8 Å². The SMILES string of the molecule is Cc1nnc(SCC(=O)NC(C)C(C)C)n1-c1ccccc1. The highest BCUT2D eigenvalue weighted by molar-refractivity contribution is 7.99. The van der Waals surface area contributed by atoms with E-state index in [0.717, 1.165) is 16.7 Å². The molecule has 1 N–H and O–H groups in total. The molecule has 1 unspecified atom stereocenters. The second-order valence-electron chi connectivity index (χ2n) is 5.59. The van der Waals surface area contributed by atoms with Gasteiger partial charge in [0.05, 0.1) is 5.75 Å². The fraction of sp³-hybridized carbons (Fsp3) is 0.438. The molecule has 0 spiro atoms. The summed E-state index contributed by atoms with van der Waals surface area (Å²) in [7, 11) is 0. The summed E-state index contributed by atoms with van der Waals surface area (Å²) in [6.45, 7) is 8.11. The van der Waals surface area contributed by atoms with E-state index in [4.69, 9.17) is 0 Å². The zero-order valence-electron chi connectivity index (χ0n) is 13.4. The molecule has 22 heavy (non-hydrogen) atoms. The van der Waals surface area contributed by atoms with Gasteiger partial charge in [-0.15, -0.1) is 10.2 Å². The standard InChI is InChI=1S/C16H22N4OS/c1-11(2)12(3)17-15(21)10-22-16-19-18-13(4)20(16)14-8-6-5-7-9-14/h5-9,11-12H,10H2,1-4H3,(H,17,21). The quantitative estimate of drug-likeness (QED) is 0.832. The molecule has 0 fully saturated rings. The highest BCUT2D eigenvalue weighted by Crippen LogP contribution is 2.21. The molecule has 1 aromatic heterocycles. The van der Waals surface area contributed by atoms with Crippen molar-refractivity contribution in [2.75, 3.05) is 5.75 Å². The van der Waals surface area contributed by atoms with Gasteiger partial charge >= 0.3 is 0 Å². The van der Waals surface area contributed by atoms with Crippen LogP contribution in [0.3, 0.4) is 0 Å². The van der Waals surface area contributed by atoms with Crippen molar-refractivity contribution in [3.8, 4) is 5.69 Å². The lowest BCUT2D eigenvalue weighted by atomic mass is 10.1. The van der Waals surface area contributed by atoms with Crippen LogP contribution < -0.4 is 5.32 Å². The number of amides is 1. The van der Waals surface area contributed by atoms with Crippen LogP contribution in [0.4, 0.5) is 0 Å². The Morgan fingerprint density at radius 2 is 1.91 bits per heavy atom. The van der Waals surface area contributed by atoms with Crippen molar-refractivity contribution in [3.05, 3.63) is 36.2 Å². The van der Waals surface area contributed by atoms with Gasteiger partial charge in [0.25, 0.3) is 0 Å². The van der Waals surface area contributed by atoms with E-state index in [0.29, 0.717) is 11.7 Å². The fourth-order valence-electron chi connectivity index (χ4n) is 1.90. The second-order valence-corrected chi connectivity index (χ2v) is 6.53. The summed E-state index contributed by atoms with van der Waals surface area (Å²) in [6, 6.07) is 10.1. The van der Waals surface area contributed by atoms with E-state index in [2.05, 4.69) is 29.4 Å². The third-order valence-corrected chi connectivity index (χ3v) is 4.46. The van der Waals surface area contributed by atoms with Gasteiger partial charge in [-0.25, -0.2) is 0 Å². The Bertz CT molecular complexity index is 624. The molecule has 0 aliphatic rings. The van der Waals surface area contributed by atoms with E-state index < -0.39 is 0 Å². The van der Waals surface area contributed by atoms with E-state index in [9.17, 15) is 4.79 Å². The first kappa shape index (κ1) is 16.5. The van der Waals surface area contributed by atoms with Crippen LogP contribution in [0.1, 0.15) is 26.6 Å². The number of aromatic nitrogens is 3. The van der Waals surface area contributed by atoms with Gasteiger partial charge in [0.15, 0.2) is 5.16 Å². The first-order valence-electron chi connectivity index (χ1n) is 7.38. The lowest BCUT2D eigenvalue weighted by Crippen LogP contribution is -2.37. The predicted molar refractivity (Wildman–Crippen MR) is 89.3 cm³/mol. The number of benzene rings is 1. The van der Waals surface area contributed by atoms with Crippen LogP contribution in [-0.2, 0) is 4.79 Å². The Kier molecular flexibility index (Phi) is 5.60. The molecule has 0 aliphatic carbocycles. The van der Waals surface area contributed by atoms with Gasteiger partial charge in [-0.3, -0.25) is 9.36 Å². The minimum atomic E-state index is 0.0199. The van der Waals surface area contributed by atoms with Gasteiger partial charge < -0.3 is 5.32 Å². The number of rotatable bonds is 6. The lowest BCUT2D eigenvalue weighted by molar-refractivity contribution is -0.119. The van der Waals surface area contributed by atoms with E-state index >= 15 is 0 Å². The molecule has 1 atom stereocenters. The van der Waals surface area contributed by atoms with Crippen molar-refractivity contribution < 1.29 is 4.79 Å². The Hall–Kier alpha value is -1.82. The van der Waals surface area contributed by atoms with Crippen LogP contribution in [0.2, 0.25) is 0 Å². The average molecular weight is 318 g/mol. The summed E-state index contributed by atoms with van der Waals surface area (Å²) < 4.78 is 1.96. The number of hydrogen-bond acceptors (Lipinski definition) is 4. The molecule has 0 radical (unpaired) electrons. The van der Waals surface area contributed by atoms with Crippen LogP contribution >= 0.6 is 11.8 Å². The molecular formula is C16H22N4OS. The molecule has 6 heteroatoms. The maximum atomic E-state index is 12.0. The third-order valence-electron chi connectivity index (χ3n) is 3.53. The average Bonchev–Trinajstić information content (AvgIpc) is 2.86. The molecule has 0 saturated heterocycles. The maximum absolute atomic E-state index is 12.0. The lowest BCUT2D eigenvalue weighted by Gasteiger charge is -2.17. The fourth-order valence-corrected chi connectivity index (χ4v) is 2.71. The van der Waals surface area contributed by atoms with Crippen LogP contribution in [0.25, 0.3) is 5.69 Å². The number of hydrogen-bond donors (Lipinski definition) is 1. The minimum absolute atomic E-state index is 0.0199. The van der Waals surface area contributed by atoms with Crippen molar-refractivity contribution in [2.24, 2.45) is 5.92 Å². The first-order valence-corrected chi connectivity index (χ1v) is 8.37. The Labute approximate surface area is 135 Å². The summed E-state index contributed by atoms with van der Waals surface area (Å²) in [5, 5.41) is 12.0. The largest absolute Gasteiger partial charge is 0.353 e. The molecule has 0 saturated carbocycles. The molecule has 0 aliphatic heterocycles. The van der Waals surface area contributed by atoms with Gasteiger partial charge in [0.2, 0.25) is 5.91 Å². The van der Waals surface area contributed by atoms with Gasteiger partial charge in [0.1, 0.15) is 5.82 Å². The summed E-state index contributed by atoms with van der Waals surface area (Å²) in [4.78, 5) is 12.0. The minimum Gasteiger partial charge on any atom is -0.353 e. The van der Waals surface area contributed by atoms with Crippen molar-refractivity contribution in [1.82, 2.24) is 20.1 Å². The predicted octanol–water partition coefficient (Wildman–Crippen LogP) is 2.83. The molecule has 118 valence electrons. The molecular weight excluding hydrogens is 296 g/mol. The number of para-hydroxylation sites is 1. The zero-order chi connectivity index (χ0) is 16.1. The molecule has 2 rings (SSSR count). The summed E-state index contributed by atoms with van der Waals surface area (Å²) in [6.07, 6.45) is 0. The highest BCUT2D eigenvalue weighted by Gasteiger charge is 2.15. The van der Waals surface area contributed by atoms with Crippen molar-refractivity contribution in [1.29, 1.82) is 0 Å². The highest BCUT2D eigenvalue weighted by atomic mass is 32.2. The van der Waals surface area contributed by atoms with Crippen LogP contribution in [0.15, 0.2) is 35.5 Å². The first-order chi connectivity index (χ1) is 10.5. The summed E-state index contributed by atoms with van der Waals surface area (Å²) >= 11 is 1.40. The van der Waals surface area contributed by atoms with Crippen molar-refractivity contribution >= 4 is 17.7 Å². The van der Waals surface area contributed by atoms with Gasteiger partial charge in [-0.05, 0) is 31.9 Å². The number of nitrogens with zero attached hydrogens (tertiary/aromatic N) is 3. The van der Waals surface area contributed by atoms with Crippen molar-refractivity contribution in [2.45, 2.75) is 38.9 Å². The molecule has 1 amide bonds. The van der Waals surface area contributed by atoms with Gasteiger partial charge in [-0.1, -0.05) is 43.8 Å². The molecule has 0 bridgehead atoms. The van der Waals surface area contributed by atoms with E-state index in [-0.39, 0.29) is 11.9 Å². The van der Waals surface area contributed by atoms with E-state index in [1.807, 2.05) is 48.7 Å². The van der Waals surface area contributed by atoms with Gasteiger partial charge in [-0.2, -0.15) is 0 Å². The number of carbonyl (C=O) groups excluding carboxylic acids is 1. The molecule has 2 aromatic rings. The summed E-state index contributed by atoms with van der Waals surface area (Å²) in [5.41, 5.74) is 1.00. The number of aryl methyl sites for hydroxylation is 1. The third kappa shape index (κ3) is 4.10. The summed E-state index contributed by atoms with van der Waals surface area (Å²) in [5.74, 6) is 1.59. The number of carbonyl (C=O) groups is 1. The number of nitrogens with one attached hydrogen (secondary N) is 1. The van der Waals surface area contributed by atoms with Crippen molar-refractivity contribution in [3.63, 3.8) is 0 Å². The monoisotopic (exact) mass is 318 g/mol. The Morgan fingerprint density at radius 1 is 1.23 bits per heavy atom. The molecule has 1 heterocycles. The number of thioether (sulfide) groups is 1. The normalized spacial score (nSPS) is 12.4. The topological polar surface area (TPSA) is 59.8 Å². The van der Waals surface area contributed by atoms with Crippen LogP contribution in [-0.4, -0.2) is 32.5 Å². The molecule has 5 nitrogen and oxygen atoms in total. The Morgan fingerprint density at radius 3 is 2.55 bits per heavy atom. The maximum Gasteiger partial charge on any atom is 0.230 e. The van der Waals surface area contributed by atoms with E-state index in [1.54, 1.807) is 0 Å².